The Morgan fingerprint density at radius 2 is 2.11 bits per heavy atom. The second kappa shape index (κ2) is 4.64. The molecule has 0 saturated carbocycles. The number of nitrogen functional groups attached to an aromatic ring is 1. The SMILES string of the molecule is CCCn1ccnc(-n2nc(C)c(N)c2C)c1=O. The lowest BCUT2D eigenvalue weighted by molar-refractivity contribution is 0.634. The van der Waals surface area contributed by atoms with Crippen molar-refractivity contribution >= 4 is 5.69 Å². The summed E-state index contributed by atoms with van der Waals surface area (Å²) in [6, 6.07) is 0. The van der Waals surface area contributed by atoms with Gasteiger partial charge in [0.1, 0.15) is 0 Å². The molecule has 0 aliphatic rings. The van der Waals surface area contributed by atoms with Crippen molar-refractivity contribution < 1.29 is 0 Å². The molecule has 0 unspecified atom stereocenters. The van der Waals surface area contributed by atoms with Gasteiger partial charge in [0.25, 0.3) is 5.56 Å². The molecule has 0 bridgehead atoms. The molecule has 0 radical (unpaired) electrons. The van der Waals surface area contributed by atoms with Crippen molar-refractivity contribution in [3.63, 3.8) is 0 Å². The van der Waals surface area contributed by atoms with Gasteiger partial charge in [0, 0.05) is 18.9 Å². The summed E-state index contributed by atoms with van der Waals surface area (Å²) in [4.78, 5) is 16.3. The third-order valence-corrected chi connectivity index (χ3v) is 2.91. The van der Waals surface area contributed by atoms with Crippen LogP contribution in [0.1, 0.15) is 24.7 Å². The number of nitrogens with zero attached hydrogens (tertiary/aromatic N) is 4. The predicted molar refractivity (Wildman–Crippen MR) is 69.8 cm³/mol. The van der Waals surface area contributed by atoms with Crippen LogP contribution in [0.2, 0.25) is 0 Å². The maximum Gasteiger partial charge on any atom is 0.295 e. The predicted octanol–water partition coefficient (Wildman–Crippen LogP) is 1.04. The van der Waals surface area contributed by atoms with E-state index in [0.29, 0.717) is 23.7 Å². The zero-order valence-corrected chi connectivity index (χ0v) is 10.8. The number of hydrogen-bond acceptors (Lipinski definition) is 4. The second-order valence-electron chi connectivity index (χ2n) is 4.25. The molecule has 96 valence electrons. The van der Waals surface area contributed by atoms with Crippen molar-refractivity contribution in [1.82, 2.24) is 19.3 Å². The number of nitrogens with two attached hydrogens (primary N) is 1. The van der Waals surface area contributed by atoms with E-state index < -0.39 is 0 Å². The number of aromatic nitrogens is 4. The maximum atomic E-state index is 12.2. The average molecular weight is 247 g/mol. The highest BCUT2D eigenvalue weighted by molar-refractivity contribution is 5.49. The number of aryl methyl sites for hydroxylation is 2. The molecule has 0 aromatic carbocycles. The first kappa shape index (κ1) is 12.3. The van der Waals surface area contributed by atoms with Crippen molar-refractivity contribution in [1.29, 1.82) is 0 Å². The summed E-state index contributed by atoms with van der Waals surface area (Å²) in [7, 11) is 0. The van der Waals surface area contributed by atoms with Gasteiger partial charge in [-0.25, -0.2) is 9.67 Å². The van der Waals surface area contributed by atoms with Gasteiger partial charge in [-0.15, -0.1) is 0 Å². The summed E-state index contributed by atoms with van der Waals surface area (Å²) in [5, 5.41) is 4.26. The third kappa shape index (κ3) is 1.90. The summed E-state index contributed by atoms with van der Waals surface area (Å²) in [5.41, 5.74) is 7.77. The van der Waals surface area contributed by atoms with Crippen molar-refractivity contribution in [3.8, 4) is 5.82 Å². The van der Waals surface area contributed by atoms with Gasteiger partial charge in [0.2, 0.25) is 5.82 Å². The van der Waals surface area contributed by atoms with E-state index in [0.717, 1.165) is 12.1 Å². The minimum absolute atomic E-state index is 0.148. The smallest absolute Gasteiger partial charge is 0.295 e. The van der Waals surface area contributed by atoms with Crippen LogP contribution in [0.15, 0.2) is 17.2 Å². The Balaban J connectivity index is 2.61. The zero-order chi connectivity index (χ0) is 13.3. The molecule has 2 aromatic heterocycles. The molecule has 2 heterocycles. The average Bonchev–Trinajstić information content (AvgIpc) is 2.60. The van der Waals surface area contributed by atoms with Crippen LogP contribution in [-0.2, 0) is 6.54 Å². The molecular formula is C12H17N5O. The van der Waals surface area contributed by atoms with Gasteiger partial charge in [-0.1, -0.05) is 6.92 Å². The van der Waals surface area contributed by atoms with Crippen molar-refractivity contribution in [2.24, 2.45) is 0 Å². The normalized spacial score (nSPS) is 10.8. The van der Waals surface area contributed by atoms with Crippen molar-refractivity contribution in [2.75, 3.05) is 5.73 Å². The van der Waals surface area contributed by atoms with Crippen LogP contribution in [0.3, 0.4) is 0 Å². The van der Waals surface area contributed by atoms with E-state index in [9.17, 15) is 4.79 Å². The van der Waals surface area contributed by atoms with Crippen LogP contribution in [-0.4, -0.2) is 19.3 Å². The van der Waals surface area contributed by atoms with Crippen LogP contribution < -0.4 is 11.3 Å². The minimum Gasteiger partial charge on any atom is -0.396 e. The van der Waals surface area contributed by atoms with Gasteiger partial charge in [-0.2, -0.15) is 5.10 Å². The highest BCUT2D eigenvalue weighted by atomic mass is 16.1. The summed E-state index contributed by atoms with van der Waals surface area (Å²) < 4.78 is 3.15. The maximum absolute atomic E-state index is 12.2. The molecule has 0 amide bonds. The first-order valence-electron chi connectivity index (χ1n) is 5.93. The van der Waals surface area contributed by atoms with E-state index in [2.05, 4.69) is 10.1 Å². The van der Waals surface area contributed by atoms with Gasteiger partial charge < -0.3 is 10.3 Å². The van der Waals surface area contributed by atoms with E-state index in [1.54, 1.807) is 17.0 Å². The van der Waals surface area contributed by atoms with E-state index in [1.807, 2.05) is 20.8 Å². The molecule has 2 aromatic rings. The summed E-state index contributed by atoms with van der Waals surface area (Å²) in [6.45, 7) is 6.33. The number of rotatable bonds is 3. The second-order valence-corrected chi connectivity index (χ2v) is 4.25. The molecule has 0 fully saturated rings. The lowest BCUT2D eigenvalue weighted by Crippen LogP contribution is -2.26. The highest BCUT2D eigenvalue weighted by Gasteiger charge is 2.14. The molecule has 6 heteroatoms. The molecule has 18 heavy (non-hydrogen) atoms. The molecule has 0 saturated heterocycles. The fourth-order valence-electron chi connectivity index (χ4n) is 1.86. The fraction of sp³-hybridized carbons (Fsp3) is 0.417. The van der Waals surface area contributed by atoms with Gasteiger partial charge in [-0.05, 0) is 20.3 Å². The molecule has 6 nitrogen and oxygen atoms in total. The fourth-order valence-corrected chi connectivity index (χ4v) is 1.86. The van der Waals surface area contributed by atoms with Gasteiger partial charge in [0.05, 0.1) is 17.1 Å². The Hall–Kier alpha value is -2.11. The molecule has 0 aliphatic heterocycles. The van der Waals surface area contributed by atoms with Crippen LogP contribution in [0.5, 0.6) is 0 Å². The van der Waals surface area contributed by atoms with Crippen molar-refractivity contribution in [3.05, 3.63) is 34.1 Å². The van der Waals surface area contributed by atoms with E-state index in [1.165, 1.54) is 4.68 Å². The van der Waals surface area contributed by atoms with Gasteiger partial charge in [-0.3, -0.25) is 4.79 Å². The molecular weight excluding hydrogens is 230 g/mol. The first-order chi connectivity index (χ1) is 8.56. The van der Waals surface area contributed by atoms with Gasteiger partial charge in [0.15, 0.2) is 0 Å². The van der Waals surface area contributed by atoms with E-state index >= 15 is 0 Å². The monoisotopic (exact) mass is 247 g/mol. The molecule has 0 spiro atoms. The Bertz CT molecular complexity index is 626. The van der Waals surface area contributed by atoms with E-state index in [4.69, 9.17) is 5.73 Å². The van der Waals surface area contributed by atoms with Crippen molar-refractivity contribution in [2.45, 2.75) is 33.7 Å². The Morgan fingerprint density at radius 1 is 1.39 bits per heavy atom. The topological polar surface area (TPSA) is 78.7 Å². The minimum atomic E-state index is -0.148. The largest absolute Gasteiger partial charge is 0.396 e. The summed E-state index contributed by atoms with van der Waals surface area (Å²) >= 11 is 0. The van der Waals surface area contributed by atoms with Crippen LogP contribution in [0, 0.1) is 13.8 Å². The zero-order valence-electron chi connectivity index (χ0n) is 10.8. The Kier molecular flexibility index (Phi) is 3.18. The summed E-state index contributed by atoms with van der Waals surface area (Å²) in [6.07, 6.45) is 4.19. The highest BCUT2D eigenvalue weighted by Crippen LogP contribution is 2.16. The lowest BCUT2D eigenvalue weighted by Gasteiger charge is -2.07. The number of anilines is 1. The van der Waals surface area contributed by atoms with Gasteiger partial charge >= 0.3 is 0 Å². The van der Waals surface area contributed by atoms with Crippen LogP contribution in [0.4, 0.5) is 5.69 Å². The molecule has 2 rings (SSSR count). The Labute approximate surface area is 105 Å². The molecule has 2 N–H and O–H groups in total. The Morgan fingerprint density at radius 3 is 2.67 bits per heavy atom. The quantitative estimate of drug-likeness (QED) is 0.878. The summed E-state index contributed by atoms with van der Waals surface area (Å²) in [5.74, 6) is 0.295. The molecule has 0 aliphatic carbocycles. The van der Waals surface area contributed by atoms with Crippen LogP contribution in [0.25, 0.3) is 5.82 Å². The number of hydrogen-bond donors (Lipinski definition) is 1. The standard InChI is InChI=1S/C12H17N5O/c1-4-6-16-7-5-14-11(12(16)18)17-9(3)10(13)8(2)15-17/h5,7H,4,6,13H2,1-3H3. The first-order valence-corrected chi connectivity index (χ1v) is 5.93. The van der Waals surface area contributed by atoms with E-state index in [-0.39, 0.29) is 5.56 Å². The third-order valence-electron chi connectivity index (χ3n) is 2.91. The molecule has 0 atom stereocenters. The lowest BCUT2D eigenvalue weighted by atomic mass is 10.3. The van der Waals surface area contributed by atoms with Crippen LogP contribution >= 0.6 is 0 Å².